The average molecular weight is 309 g/mol. The summed E-state index contributed by atoms with van der Waals surface area (Å²) in [4.78, 5) is 13.9. The van der Waals surface area contributed by atoms with Crippen LogP contribution in [-0.2, 0) is 11.2 Å². The van der Waals surface area contributed by atoms with Crippen molar-refractivity contribution in [3.63, 3.8) is 0 Å². The minimum absolute atomic E-state index is 0. The van der Waals surface area contributed by atoms with Crippen molar-refractivity contribution in [3.05, 3.63) is 36.2 Å². The third-order valence-electron chi connectivity index (χ3n) is 3.48. The van der Waals surface area contributed by atoms with Gasteiger partial charge >= 0.3 is 0 Å². The van der Waals surface area contributed by atoms with Gasteiger partial charge in [-0.1, -0.05) is 12.1 Å². The van der Waals surface area contributed by atoms with Crippen LogP contribution in [0.5, 0.6) is 0 Å². The Balaban J connectivity index is 0.00000161. The van der Waals surface area contributed by atoms with Gasteiger partial charge in [0, 0.05) is 19.1 Å². The number of benzene rings is 1. The largest absolute Gasteiger partial charge is 0.341 e. The number of tetrazole rings is 1. The lowest BCUT2D eigenvalue weighted by Crippen LogP contribution is -2.32. The predicted molar refractivity (Wildman–Crippen MR) is 79.3 cm³/mol. The standard InChI is InChI=1S/C13H16N6O.ClH/c14-11-5-6-18(8-11)13(20)7-10-1-3-12(4-2-10)19-9-15-16-17-19;/h1-4,9,11H,5-8,14H2;1H/t11-;/m1./s1. The fourth-order valence-electron chi connectivity index (χ4n) is 2.35. The Morgan fingerprint density at radius 3 is 2.67 bits per heavy atom. The number of rotatable bonds is 3. The third-order valence-corrected chi connectivity index (χ3v) is 3.48. The van der Waals surface area contributed by atoms with Crippen molar-refractivity contribution < 1.29 is 4.79 Å². The van der Waals surface area contributed by atoms with E-state index in [9.17, 15) is 4.79 Å². The number of nitrogens with two attached hydrogens (primary N) is 1. The molecular weight excluding hydrogens is 292 g/mol. The summed E-state index contributed by atoms with van der Waals surface area (Å²) in [5.41, 5.74) is 7.66. The molecule has 8 heteroatoms. The monoisotopic (exact) mass is 308 g/mol. The number of halogens is 1. The molecule has 112 valence electrons. The van der Waals surface area contributed by atoms with Gasteiger partial charge in [-0.25, -0.2) is 4.68 Å². The van der Waals surface area contributed by atoms with Crippen molar-refractivity contribution in [3.8, 4) is 5.69 Å². The molecule has 2 heterocycles. The number of aromatic nitrogens is 4. The number of nitrogens with zero attached hydrogens (tertiary/aromatic N) is 5. The Bertz CT molecular complexity index is 585. The van der Waals surface area contributed by atoms with Crippen LogP contribution < -0.4 is 5.73 Å². The van der Waals surface area contributed by atoms with E-state index in [0.29, 0.717) is 13.0 Å². The van der Waals surface area contributed by atoms with Crippen LogP contribution in [0.1, 0.15) is 12.0 Å². The van der Waals surface area contributed by atoms with Gasteiger partial charge in [0.1, 0.15) is 6.33 Å². The van der Waals surface area contributed by atoms with Gasteiger partial charge in [0.15, 0.2) is 0 Å². The summed E-state index contributed by atoms with van der Waals surface area (Å²) >= 11 is 0. The molecule has 21 heavy (non-hydrogen) atoms. The summed E-state index contributed by atoms with van der Waals surface area (Å²) in [5, 5.41) is 11.0. The number of carbonyl (C=O) groups excluding carboxylic acids is 1. The van der Waals surface area contributed by atoms with Crippen LogP contribution in [0, 0.1) is 0 Å². The van der Waals surface area contributed by atoms with Crippen LogP contribution >= 0.6 is 12.4 Å². The van der Waals surface area contributed by atoms with E-state index < -0.39 is 0 Å². The van der Waals surface area contributed by atoms with Gasteiger partial charge in [0.05, 0.1) is 12.1 Å². The van der Waals surface area contributed by atoms with E-state index in [1.807, 2.05) is 29.2 Å². The summed E-state index contributed by atoms with van der Waals surface area (Å²) in [6.07, 6.45) is 2.83. The summed E-state index contributed by atoms with van der Waals surface area (Å²) < 4.78 is 1.57. The second-order valence-electron chi connectivity index (χ2n) is 4.99. The minimum atomic E-state index is 0. The Labute approximate surface area is 128 Å². The molecule has 0 radical (unpaired) electrons. The second kappa shape index (κ2) is 6.64. The maximum absolute atomic E-state index is 12.1. The van der Waals surface area contributed by atoms with Crippen molar-refractivity contribution in [2.24, 2.45) is 5.73 Å². The average Bonchev–Trinajstić information content (AvgIpc) is 3.10. The molecular formula is C13H17ClN6O. The highest BCUT2D eigenvalue weighted by molar-refractivity contribution is 5.85. The molecule has 1 atom stereocenters. The maximum Gasteiger partial charge on any atom is 0.227 e. The van der Waals surface area contributed by atoms with E-state index >= 15 is 0 Å². The van der Waals surface area contributed by atoms with Crippen LogP contribution in [0.2, 0.25) is 0 Å². The molecule has 0 bridgehead atoms. The zero-order valence-electron chi connectivity index (χ0n) is 11.4. The van der Waals surface area contributed by atoms with Crippen molar-refractivity contribution in [1.82, 2.24) is 25.1 Å². The fourth-order valence-corrected chi connectivity index (χ4v) is 2.35. The van der Waals surface area contributed by atoms with Crippen LogP contribution in [0.4, 0.5) is 0 Å². The van der Waals surface area contributed by atoms with Gasteiger partial charge in [-0.3, -0.25) is 4.79 Å². The van der Waals surface area contributed by atoms with Crippen LogP contribution in [0.3, 0.4) is 0 Å². The zero-order chi connectivity index (χ0) is 13.9. The van der Waals surface area contributed by atoms with Gasteiger partial charge in [-0.15, -0.1) is 17.5 Å². The molecule has 1 amide bonds. The summed E-state index contributed by atoms with van der Waals surface area (Å²) in [6.45, 7) is 1.43. The van der Waals surface area contributed by atoms with Crippen molar-refractivity contribution >= 4 is 18.3 Å². The predicted octanol–water partition coefficient (Wildman–Crippen LogP) is 0.186. The molecule has 0 saturated carbocycles. The highest BCUT2D eigenvalue weighted by Crippen LogP contribution is 2.12. The Morgan fingerprint density at radius 1 is 1.33 bits per heavy atom. The lowest BCUT2D eigenvalue weighted by atomic mass is 10.1. The number of amides is 1. The number of carbonyl (C=O) groups is 1. The molecule has 0 spiro atoms. The molecule has 1 saturated heterocycles. The third kappa shape index (κ3) is 3.56. The first-order chi connectivity index (χ1) is 9.72. The molecule has 1 aliphatic rings. The molecule has 1 aromatic carbocycles. The summed E-state index contributed by atoms with van der Waals surface area (Å²) in [5.74, 6) is 0.133. The van der Waals surface area contributed by atoms with E-state index in [0.717, 1.165) is 24.2 Å². The van der Waals surface area contributed by atoms with E-state index in [-0.39, 0.29) is 24.4 Å². The Kier molecular flexibility index (Phi) is 4.87. The highest BCUT2D eigenvalue weighted by atomic mass is 35.5. The van der Waals surface area contributed by atoms with Crippen molar-refractivity contribution in [1.29, 1.82) is 0 Å². The Morgan fingerprint density at radius 2 is 2.10 bits per heavy atom. The minimum Gasteiger partial charge on any atom is -0.341 e. The number of likely N-dealkylation sites (tertiary alicyclic amines) is 1. The van der Waals surface area contributed by atoms with Crippen molar-refractivity contribution in [2.45, 2.75) is 18.9 Å². The molecule has 0 unspecified atom stereocenters. The summed E-state index contributed by atoms with van der Waals surface area (Å²) in [6, 6.07) is 7.76. The van der Waals surface area contributed by atoms with E-state index in [1.54, 1.807) is 4.68 Å². The zero-order valence-corrected chi connectivity index (χ0v) is 12.2. The van der Waals surface area contributed by atoms with Gasteiger partial charge in [0.25, 0.3) is 0 Å². The van der Waals surface area contributed by atoms with Crippen LogP contribution in [-0.4, -0.2) is 50.1 Å². The molecule has 2 N–H and O–H groups in total. The van der Waals surface area contributed by atoms with E-state index in [2.05, 4.69) is 15.5 Å². The first-order valence-corrected chi connectivity index (χ1v) is 6.58. The maximum atomic E-state index is 12.1. The fraction of sp³-hybridized carbons (Fsp3) is 0.385. The molecule has 1 aromatic heterocycles. The molecule has 3 rings (SSSR count). The SMILES string of the molecule is Cl.N[C@@H]1CCN(C(=O)Cc2ccc(-n3cnnn3)cc2)C1. The van der Waals surface area contributed by atoms with Gasteiger partial charge in [0.2, 0.25) is 5.91 Å². The highest BCUT2D eigenvalue weighted by Gasteiger charge is 2.23. The first-order valence-electron chi connectivity index (χ1n) is 6.58. The topological polar surface area (TPSA) is 89.9 Å². The number of hydrogen-bond donors (Lipinski definition) is 1. The lowest BCUT2D eigenvalue weighted by Gasteiger charge is -2.15. The quantitative estimate of drug-likeness (QED) is 0.874. The molecule has 1 fully saturated rings. The summed E-state index contributed by atoms with van der Waals surface area (Å²) in [7, 11) is 0. The van der Waals surface area contributed by atoms with Gasteiger partial charge in [-0.2, -0.15) is 0 Å². The number of hydrogen-bond acceptors (Lipinski definition) is 5. The van der Waals surface area contributed by atoms with E-state index in [1.165, 1.54) is 6.33 Å². The van der Waals surface area contributed by atoms with E-state index in [4.69, 9.17) is 5.73 Å². The van der Waals surface area contributed by atoms with Crippen LogP contribution in [0.15, 0.2) is 30.6 Å². The smallest absolute Gasteiger partial charge is 0.227 e. The van der Waals surface area contributed by atoms with Crippen LogP contribution in [0.25, 0.3) is 5.69 Å². The molecule has 2 aromatic rings. The van der Waals surface area contributed by atoms with Gasteiger partial charge in [-0.05, 0) is 34.5 Å². The Hall–Kier alpha value is -1.99. The van der Waals surface area contributed by atoms with Gasteiger partial charge < -0.3 is 10.6 Å². The first kappa shape index (κ1) is 15.4. The molecule has 0 aliphatic carbocycles. The molecule has 7 nitrogen and oxygen atoms in total. The normalized spacial score (nSPS) is 17.6. The van der Waals surface area contributed by atoms with Crippen molar-refractivity contribution in [2.75, 3.05) is 13.1 Å². The molecule has 1 aliphatic heterocycles. The lowest BCUT2D eigenvalue weighted by molar-refractivity contribution is -0.129. The second-order valence-corrected chi connectivity index (χ2v) is 4.99.